The highest BCUT2D eigenvalue weighted by Gasteiger charge is 2.05. The van der Waals surface area contributed by atoms with Gasteiger partial charge in [-0.1, -0.05) is 17.7 Å². The first kappa shape index (κ1) is 9.34. The molecule has 1 heterocycles. The number of hydrogen-bond donors (Lipinski definition) is 1. The van der Waals surface area contributed by atoms with Crippen LogP contribution in [0.4, 0.5) is 0 Å². The molecule has 14 heavy (non-hydrogen) atoms. The first-order valence-corrected chi connectivity index (χ1v) is 4.88. The van der Waals surface area contributed by atoms with Gasteiger partial charge in [-0.25, -0.2) is 0 Å². The zero-order valence-corrected chi connectivity index (χ0v) is 8.42. The average molecular weight is 211 g/mol. The normalized spacial score (nSPS) is 14.8. The molecule has 1 N–H and O–H groups in total. The molecule has 1 aliphatic rings. The number of ether oxygens (including phenoxy) is 1. The van der Waals surface area contributed by atoms with Crippen molar-refractivity contribution in [3.8, 4) is 5.75 Å². The highest BCUT2D eigenvalue weighted by atomic mass is 35.5. The fourth-order valence-electron chi connectivity index (χ4n) is 1.25. The van der Waals surface area contributed by atoms with Crippen molar-refractivity contribution in [2.45, 2.75) is 0 Å². The van der Waals surface area contributed by atoms with Crippen molar-refractivity contribution in [1.82, 2.24) is 5.32 Å². The molecule has 0 saturated heterocycles. The van der Waals surface area contributed by atoms with Crippen LogP contribution in [0.2, 0.25) is 5.02 Å². The fraction of sp³-hybridized carbons (Fsp3) is 0.300. The Balaban J connectivity index is 1.91. The fourth-order valence-corrected chi connectivity index (χ4v) is 1.43. The van der Waals surface area contributed by atoms with E-state index < -0.39 is 0 Å². The molecule has 1 aromatic carbocycles. The molecule has 1 aromatic rings. The van der Waals surface area contributed by atoms with Crippen LogP contribution in [-0.4, -0.2) is 25.5 Å². The molecule has 0 amide bonds. The molecular formula is C10H11ClN2O. The molecule has 2 rings (SSSR count). The van der Waals surface area contributed by atoms with Gasteiger partial charge in [0.1, 0.15) is 18.2 Å². The summed E-state index contributed by atoms with van der Waals surface area (Å²) < 4.78 is 5.49. The van der Waals surface area contributed by atoms with Crippen LogP contribution < -0.4 is 10.1 Å². The van der Waals surface area contributed by atoms with E-state index in [0.29, 0.717) is 11.6 Å². The quantitative estimate of drug-likeness (QED) is 0.824. The van der Waals surface area contributed by atoms with Gasteiger partial charge < -0.3 is 10.1 Å². The smallest absolute Gasteiger partial charge is 0.145 e. The van der Waals surface area contributed by atoms with Gasteiger partial charge in [-0.15, -0.1) is 0 Å². The Hall–Kier alpha value is -1.22. The first-order chi connectivity index (χ1) is 6.84. The number of hydrogen-bond acceptors (Lipinski definition) is 3. The predicted octanol–water partition coefficient (Wildman–Crippen LogP) is 1.72. The van der Waals surface area contributed by atoms with Crippen LogP contribution in [0.5, 0.6) is 5.75 Å². The lowest BCUT2D eigenvalue weighted by atomic mass is 10.3. The summed E-state index contributed by atoms with van der Waals surface area (Å²) in [6, 6.07) is 7.35. The van der Waals surface area contributed by atoms with Gasteiger partial charge in [0, 0.05) is 11.6 Å². The molecule has 0 fully saturated rings. The van der Waals surface area contributed by atoms with Gasteiger partial charge in [0.05, 0.1) is 6.54 Å². The van der Waals surface area contributed by atoms with Crippen molar-refractivity contribution in [3.05, 3.63) is 29.3 Å². The van der Waals surface area contributed by atoms with Gasteiger partial charge in [-0.3, -0.25) is 4.99 Å². The second kappa shape index (κ2) is 4.33. The third-order valence-electron chi connectivity index (χ3n) is 1.92. The maximum absolute atomic E-state index is 5.81. The van der Waals surface area contributed by atoms with Crippen molar-refractivity contribution < 1.29 is 4.74 Å². The highest BCUT2D eigenvalue weighted by Crippen LogP contribution is 2.16. The number of nitrogens with one attached hydrogen (secondary N) is 1. The van der Waals surface area contributed by atoms with E-state index in [9.17, 15) is 0 Å². The molecule has 0 aliphatic carbocycles. The summed E-state index contributed by atoms with van der Waals surface area (Å²) in [4.78, 5) is 4.22. The van der Waals surface area contributed by atoms with Gasteiger partial charge in [0.25, 0.3) is 0 Å². The Morgan fingerprint density at radius 3 is 3.14 bits per heavy atom. The summed E-state index contributed by atoms with van der Waals surface area (Å²) in [6.45, 7) is 2.24. The number of benzene rings is 1. The van der Waals surface area contributed by atoms with E-state index in [1.165, 1.54) is 0 Å². The third kappa shape index (κ3) is 2.39. The Labute approximate surface area is 87.7 Å². The lowest BCUT2D eigenvalue weighted by Gasteiger charge is -2.06. The van der Waals surface area contributed by atoms with E-state index in [-0.39, 0.29) is 0 Å². The van der Waals surface area contributed by atoms with Gasteiger partial charge in [0.2, 0.25) is 0 Å². The molecule has 0 aromatic heterocycles. The van der Waals surface area contributed by atoms with Crippen molar-refractivity contribution in [2.24, 2.45) is 4.99 Å². The largest absolute Gasteiger partial charge is 0.486 e. The van der Waals surface area contributed by atoms with E-state index in [1.54, 1.807) is 6.07 Å². The predicted molar refractivity (Wildman–Crippen MR) is 57.3 cm³/mol. The molecular weight excluding hydrogens is 200 g/mol. The number of rotatable bonds is 3. The van der Waals surface area contributed by atoms with E-state index in [0.717, 1.165) is 24.7 Å². The molecule has 0 spiro atoms. The van der Waals surface area contributed by atoms with Gasteiger partial charge in [-0.2, -0.15) is 0 Å². The Kier molecular flexibility index (Phi) is 2.89. The van der Waals surface area contributed by atoms with Crippen molar-refractivity contribution in [1.29, 1.82) is 0 Å². The van der Waals surface area contributed by atoms with E-state index >= 15 is 0 Å². The summed E-state index contributed by atoms with van der Waals surface area (Å²) in [7, 11) is 0. The maximum Gasteiger partial charge on any atom is 0.145 e. The topological polar surface area (TPSA) is 33.6 Å². The summed E-state index contributed by atoms with van der Waals surface area (Å²) >= 11 is 5.81. The van der Waals surface area contributed by atoms with Crippen molar-refractivity contribution >= 4 is 17.4 Å². The summed E-state index contributed by atoms with van der Waals surface area (Å²) in [6.07, 6.45) is 0. The van der Waals surface area contributed by atoms with Crippen LogP contribution in [-0.2, 0) is 0 Å². The Bertz CT molecular complexity index is 352. The van der Waals surface area contributed by atoms with Crippen LogP contribution >= 0.6 is 11.6 Å². The Morgan fingerprint density at radius 2 is 2.43 bits per heavy atom. The number of amidine groups is 1. The molecule has 0 radical (unpaired) electrons. The summed E-state index contributed by atoms with van der Waals surface area (Å²) in [5, 5.41) is 3.82. The third-order valence-corrected chi connectivity index (χ3v) is 2.15. The highest BCUT2D eigenvalue weighted by molar-refractivity contribution is 6.30. The lowest BCUT2D eigenvalue weighted by Crippen LogP contribution is -2.24. The lowest BCUT2D eigenvalue weighted by molar-refractivity contribution is 0.373. The van der Waals surface area contributed by atoms with Gasteiger partial charge in [0.15, 0.2) is 0 Å². The molecule has 0 atom stereocenters. The number of nitrogens with zero attached hydrogens (tertiary/aromatic N) is 1. The van der Waals surface area contributed by atoms with Crippen LogP contribution in [0.3, 0.4) is 0 Å². The van der Waals surface area contributed by atoms with Crippen LogP contribution in [0.25, 0.3) is 0 Å². The van der Waals surface area contributed by atoms with Crippen LogP contribution in [0.1, 0.15) is 0 Å². The Morgan fingerprint density at radius 1 is 1.50 bits per heavy atom. The number of halogens is 1. The molecule has 1 aliphatic heterocycles. The molecule has 0 bridgehead atoms. The minimum atomic E-state index is 0.486. The minimum absolute atomic E-state index is 0.486. The van der Waals surface area contributed by atoms with Crippen molar-refractivity contribution in [2.75, 3.05) is 19.7 Å². The molecule has 3 nitrogen and oxygen atoms in total. The average Bonchev–Trinajstić information content (AvgIpc) is 2.67. The van der Waals surface area contributed by atoms with Crippen molar-refractivity contribution in [3.63, 3.8) is 0 Å². The zero-order chi connectivity index (χ0) is 9.80. The van der Waals surface area contributed by atoms with E-state index in [1.807, 2.05) is 18.2 Å². The molecule has 74 valence electrons. The standard InChI is InChI=1S/C10H11ClN2O/c11-8-2-1-3-9(6-8)14-7-10-12-4-5-13-10/h1-3,6H,4-5,7H2,(H,12,13). The SMILES string of the molecule is Clc1cccc(OCC2=NCCN2)c1. The molecule has 0 unspecified atom stereocenters. The second-order valence-electron chi connectivity index (χ2n) is 3.00. The minimum Gasteiger partial charge on any atom is -0.486 e. The molecule has 4 heteroatoms. The van der Waals surface area contributed by atoms with Crippen LogP contribution in [0, 0.1) is 0 Å². The van der Waals surface area contributed by atoms with Gasteiger partial charge in [-0.05, 0) is 18.2 Å². The van der Waals surface area contributed by atoms with Gasteiger partial charge >= 0.3 is 0 Å². The molecule has 0 saturated carbocycles. The first-order valence-electron chi connectivity index (χ1n) is 4.50. The van der Waals surface area contributed by atoms with E-state index in [2.05, 4.69) is 10.3 Å². The second-order valence-corrected chi connectivity index (χ2v) is 3.44. The maximum atomic E-state index is 5.81. The summed E-state index contributed by atoms with van der Waals surface area (Å²) in [5.41, 5.74) is 0. The van der Waals surface area contributed by atoms with E-state index in [4.69, 9.17) is 16.3 Å². The summed E-state index contributed by atoms with van der Waals surface area (Å²) in [5.74, 6) is 1.68. The monoisotopic (exact) mass is 210 g/mol. The zero-order valence-electron chi connectivity index (χ0n) is 7.66. The number of aliphatic imine (C=N–C) groups is 1. The van der Waals surface area contributed by atoms with Crippen LogP contribution in [0.15, 0.2) is 29.3 Å².